The Morgan fingerprint density at radius 3 is 2.67 bits per heavy atom. The number of alkyl halides is 3. The van der Waals surface area contributed by atoms with Gasteiger partial charge in [-0.05, 0) is 56.4 Å². The van der Waals surface area contributed by atoms with E-state index in [0.717, 1.165) is 46.3 Å². The molecule has 0 amide bonds. The number of anilines is 1. The summed E-state index contributed by atoms with van der Waals surface area (Å²) in [5.74, 6) is 0. The number of hydrogen-bond acceptors (Lipinski definition) is 1. The van der Waals surface area contributed by atoms with Gasteiger partial charge >= 0.3 is 6.18 Å². The first-order chi connectivity index (χ1) is 14.0. The fourth-order valence-corrected chi connectivity index (χ4v) is 4.31. The second-order valence-corrected chi connectivity index (χ2v) is 8.89. The molecule has 0 saturated heterocycles. The molecular formula is C24H28ClF3N2. The summed E-state index contributed by atoms with van der Waals surface area (Å²) in [5, 5.41) is 5.01. The summed E-state index contributed by atoms with van der Waals surface area (Å²) in [5.41, 5.74) is 3.57. The largest absolute Gasteiger partial charge is 0.412 e. The molecule has 0 bridgehead atoms. The van der Waals surface area contributed by atoms with E-state index < -0.39 is 17.2 Å². The van der Waals surface area contributed by atoms with E-state index in [0.29, 0.717) is 17.9 Å². The standard InChI is InChI=1S/C24H28ClF3N2/c1-5-10-23(4,13-17-11-18(24(26,27)28)7-6-15(17)2)16(3)30-22-14-29-21-9-8-19(25)12-20(21)22/h8-9,11-12,14,29-30H,3,5-7,10,13H2,1-2,4H3. The first-order valence-corrected chi connectivity index (χ1v) is 10.6. The molecular weight excluding hydrogens is 409 g/mol. The predicted octanol–water partition coefficient (Wildman–Crippen LogP) is 8.54. The van der Waals surface area contributed by atoms with Gasteiger partial charge in [0.25, 0.3) is 0 Å². The topological polar surface area (TPSA) is 27.8 Å². The summed E-state index contributed by atoms with van der Waals surface area (Å²) in [6.45, 7) is 10.4. The van der Waals surface area contributed by atoms with Crippen LogP contribution >= 0.6 is 11.6 Å². The molecule has 1 unspecified atom stereocenters. The highest BCUT2D eigenvalue weighted by molar-refractivity contribution is 6.31. The van der Waals surface area contributed by atoms with E-state index in [2.05, 4.69) is 30.7 Å². The summed E-state index contributed by atoms with van der Waals surface area (Å²) in [6, 6.07) is 5.62. The van der Waals surface area contributed by atoms with E-state index in [1.54, 1.807) is 0 Å². The van der Waals surface area contributed by atoms with E-state index in [4.69, 9.17) is 11.6 Å². The average Bonchev–Trinajstić information content (AvgIpc) is 3.04. The normalized spacial score (nSPS) is 17.1. The smallest absolute Gasteiger partial charge is 0.359 e. The lowest BCUT2D eigenvalue weighted by Crippen LogP contribution is -2.25. The summed E-state index contributed by atoms with van der Waals surface area (Å²) < 4.78 is 39.8. The average molecular weight is 437 g/mol. The molecule has 2 nitrogen and oxygen atoms in total. The number of allylic oxidation sites excluding steroid dienone is 5. The van der Waals surface area contributed by atoms with Gasteiger partial charge in [-0.2, -0.15) is 13.2 Å². The molecule has 162 valence electrons. The minimum absolute atomic E-state index is 0.0542. The minimum atomic E-state index is -4.27. The van der Waals surface area contributed by atoms with Crippen LogP contribution in [0.5, 0.6) is 0 Å². The van der Waals surface area contributed by atoms with Gasteiger partial charge in [-0.15, -0.1) is 0 Å². The lowest BCUT2D eigenvalue weighted by Gasteiger charge is -2.34. The van der Waals surface area contributed by atoms with Crippen molar-refractivity contribution in [1.29, 1.82) is 0 Å². The highest BCUT2D eigenvalue weighted by Crippen LogP contribution is 2.44. The van der Waals surface area contributed by atoms with E-state index in [1.807, 2.05) is 31.3 Å². The zero-order valence-electron chi connectivity index (χ0n) is 17.6. The molecule has 1 aliphatic rings. The van der Waals surface area contributed by atoms with Crippen molar-refractivity contribution in [3.05, 3.63) is 64.5 Å². The van der Waals surface area contributed by atoms with Crippen LogP contribution in [0.15, 0.2) is 59.5 Å². The van der Waals surface area contributed by atoms with Crippen molar-refractivity contribution in [1.82, 2.24) is 4.98 Å². The molecule has 1 aliphatic carbocycles. The van der Waals surface area contributed by atoms with Crippen molar-refractivity contribution in [2.24, 2.45) is 5.41 Å². The maximum Gasteiger partial charge on any atom is 0.412 e. The third-order valence-corrected chi connectivity index (χ3v) is 6.31. The Labute approximate surface area is 180 Å². The van der Waals surface area contributed by atoms with Crippen molar-refractivity contribution >= 4 is 28.2 Å². The summed E-state index contributed by atoms with van der Waals surface area (Å²) in [4.78, 5) is 3.21. The number of rotatable bonds is 7. The first kappa shape index (κ1) is 22.5. The second-order valence-electron chi connectivity index (χ2n) is 8.46. The van der Waals surface area contributed by atoms with Gasteiger partial charge in [-0.3, -0.25) is 0 Å². The number of fused-ring (bicyclic) bond motifs is 1. The number of halogens is 4. The van der Waals surface area contributed by atoms with Gasteiger partial charge < -0.3 is 10.3 Å². The first-order valence-electron chi connectivity index (χ1n) is 10.2. The zero-order chi connectivity index (χ0) is 22.1. The van der Waals surface area contributed by atoms with E-state index in [-0.39, 0.29) is 6.42 Å². The van der Waals surface area contributed by atoms with Crippen LogP contribution in [0.3, 0.4) is 0 Å². The van der Waals surface area contributed by atoms with Crippen LogP contribution in [-0.2, 0) is 0 Å². The van der Waals surface area contributed by atoms with Gasteiger partial charge in [0.05, 0.1) is 5.69 Å². The number of benzene rings is 1. The highest BCUT2D eigenvalue weighted by atomic mass is 35.5. The highest BCUT2D eigenvalue weighted by Gasteiger charge is 2.36. The third kappa shape index (κ3) is 4.77. The third-order valence-electron chi connectivity index (χ3n) is 6.07. The van der Waals surface area contributed by atoms with Crippen molar-refractivity contribution < 1.29 is 13.2 Å². The maximum absolute atomic E-state index is 13.3. The van der Waals surface area contributed by atoms with Crippen LogP contribution in [0.4, 0.5) is 18.9 Å². The van der Waals surface area contributed by atoms with Gasteiger partial charge in [0, 0.05) is 38.8 Å². The Hall–Kier alpha value is -2.14. The molecule has 1 atom stereocenters. The molecule has 6 heteroatoms. The Morgan fingerprint density at radius 2 is 2.00 bits per heavy atom. The second kappa shape index (κ2) is 8.54. The van der Waals surface area contributed by atoms with Gasteiger partial charge in [0.2, 0.25) is 0 Å². The minimum Gasteiger partial charge on any atom is -0.359 e. The number of aromatic nitrogens is 1. The number of H-pyrrole nitrogens is 1. The molecule has 1 aromatic carbocycles. The van der Waals surface area contributed by atoms with Gasteiger partial charge in [-0.1, -0.05) is 50.1 Å². The Kier molecular flexibility index (Phi) is 6.42. The van der Waals surface area contributed by atoms with Crippen molar-refractivity contribution in [3.63, 3.8) is 0 Å². The van der Waals surface area contributed by atoms with Gasteiger partial charge in [-0.25, -0.2) is 0 Å². The lowest BCUT2D eigenvalue weighted by atomic mass is 9.74. The molecule has 1 heterocycles. The van der Waals surface area contributed by atoms with E-state index >= 15 is 0 Å². The summed E-state index contributed by atoms with van der Waals surface area (Å²) >= 11 is 6.15. The summed E-state index contributed by atoms with van der Waals surface area (Å²) in [6.07, 6.45) is 1.68. The van der Waals surface area contributed by atoms with Crippen LogP contribution in [-0.4, -0.2) is 11.2 Å². The molecule has 30 heavy (non-hydrogen) atoms. The van der Waals surface area contributed by atoms with Crippen molar-refractivity contribution in [2.75, 3.05) is 5.32 Å². The van der Waals surface area contributed by atoms with E-state index in [9.17, 15) is 13.2 Å². The number of hydrogen-bond donors (Lipinski definition) is 2. The molecule has 0 fully saturated rings. The van der Waals surface area contributed by atoms with Crippen LogP contribution in [0, 0.1) is 5.41 Å². The SMILES string of the molecule is C=C(Nc1c[nH]c2ccc(Cl)cc12)C(C)(CCC)CC1=C(C)CCC(C(F)(F)F)=C1. The van der Waals surface area contributed by atoms with Crippen LogP contribution in [0.1, 0.15) is 52.9 Å². The lowest BCUT2D eigenvalue weighted by molar-refractivity contribution is -0.0942. The van der Waals surface area contributed by atoms with Gasteiger partial charge in [0.15, 0.2) is 0 Å². The molecule has 3 rings (SSSR count). The number of nitrogens with one attached hydrogen (secondary N) is 2. The van der Waals surface area contributed by atoms with Crippen LogP contribution in [0.25, 0.3) is 10.9 Å². The number of aromatic amines is 1. The summed E-state index contributed by atoms with van der Waals surface area (Å²) in [7, 11) is 0. The molecule has 2 aromatic rings. The molecule has 2 N–H and O–H groups in total. The Morgan fingerprint density at radius 1 is 1.27 bits per heavy atom. The van der Waals surface area contributed by atoms with Crippen LogP contribution < -0.4 is 5.32 Å². The Bertz CT molecular complexity index is 1010. The van der Waals surface area contributed by atoms with Crippen molar-refractivity contribution in [3.8, 4) is 0 Å². The van der Waals surface area contributed by atoms with Gasteiger partial charge in [0.1, 0.15) is 0 Å². The molecule has 0 spiro atoms. The Balaban J connectivity index is 1.88. The monoisotopic (exact) mass is 436 g/mol. The van der Waals surface area contributed by atoms with Crippen molar-refractivity contribution in [2.45, 2.75) is 59.1 Å². The fourth-order valence-electron chi connectivity index (χ4n) is 4.14. The van der Waals surface area contributed by atoms with E-state index in [1.165, 1.54) is 6.08 Å². The zero-order valence-corrected chi connectivity index (χ0v) is 18.4. The maximum atomic E-state index is 13.3. The predicted molar refractivity (Wildman–Crippen MR) is 120 cm³/mol. The quantitative estimate of drug-likeness (QED) is 0.447. The molecule has 0 aliphatic heterocycles. The fraction of sp³-hybridized carbons (Fsp3) is 0.417. The molecule has 0 saturated carbocycles. The molecule has 0 radical (unpaired) electrons. The van der Waals surface area contributed by atoms with Crippen LogP contribution in [0.2, 0.25) is 5.02 Å². The molecule has 1 aromatic heterocycles.